The Balaban J connectivity index is 1.50. The molecule has 1 aliphatic carbocycles. The molecule has 2 amide bonds. The quantitative estimate of drug-likeness (QED) is 0.595. The van der Waals surface area contributed by atoms with E-state index < -0.39 is 35.3 Å². The Kier molecular flexibility index (Phi) is 6.98. The average molecular weight is 495 g/mol. The van der Waals surface area contributed by atoms with E-state index in [0.29, 0.717) is 19.4 Å². The lowest BCUT2D eigenvalue weighted by Gasteiger charge is -2.47. The van der Waals surface area contributed by atoms with Crippen molar-refractivity contribution in [3.05, 3.63) is 59.7 Å². The molecular weight excluding hydrogens is 460 g/mol. The number of nitrogens with zero attached hydrogens (tertiary/aromatic N) is 1. The Bertz CT molecular complexity index is 1110. The van der Waals surface area contributed by atoms with Gasteiger partial charge in [0.2, 0.25) is 0 Å². The number of amides is 2. The SMILES string of the molecule is CC1N(C(=O)OC(C)(C)C)CCCC1(CC(=O)O)NC(=O)OCC1c2ccccc2-c2ccccc21. The van der Waals surface area contributed by atoms with Gasteiger partial charge < -0.3 is 24.8 Å². The van der Waals surface area contributed by atoms with Gasteiger partial charge in [-0.3, -0.25) is 4.79 Å². The summed E-state index contributed by atoms with van der Waals surface area (Å²) in [6.45, 7) is 7.61. The largest absolute Gasteiger partial charge is 0.481 e. The highest BCUT2D eigenvalue weighted by Crippen LogP contribution is 2.44. The van der Waals surface area contributed by atoms with Crippen molar-refractivity contribution < 1.29 is 29.0 Å². The van der Waals surface area contributed by atoms with E-state index in [1.807, 2.05) is 36.4 Å². The van der Waals surface area contributed by atoms with Gasteiger partial charge in [-0.25, -0.2) is 9.59 Å². The summed E-state index contributed by atoms with van der Waals surface area (Å²) in [5.41, 5.74) is 2.56. The van der Waals surface area contributed by atoms with Crippen LogP contribution in [0.25, 0.3) is 11.1 Å². The lowest BCUT2D eigenvalue weighted by atomic mass is 9.79. The number of likely N-dealkylation sites (tertiary alicyclic amines) is 1. The van der Waals surface area contributed by atoms with Crippen LogP contribution in [0.5, 0.6) is 0 Å². The zero-order valence-electron chi connectivity index (χ0n) is 21.2. The van der Waals surface area contributed by atoms with Gasteiger partial charge in [-0.2, -0.15) is 0 Å². The van der Waals surface area contributed by atoms with E-state index in [1.165, 1.54) is 4.90 Å². The van der Waals surface area contributed by atoms with Crippen LogP contribution < -0.4 is 5.32 Å². The Morgan fingerprint density at radius 2 is 1.64 bits per heavy atom. The number of carbonyl (C=O) groups is 3. The monoisotopic (exact) mass is 494 g/mol. The standard InChI is InChI=1S/C28H34N2O6/c1-18-28(16-24(31)32,14-9-15-30(18)26(34)36-27(2,3)4)29-25(33)35-17-23-21-12-7-5-10-19(21)20-11-6-8-13-22(20)23/h5-8,10-13,18,23H,9,14-17H2,1-4H3,(H,29,33)(H,31,32). The highest BCUT2D eigenvalue weighted by atomic mass is 16.6. The Labute approximate surface area is 211 Å². The van der Waals surface area contributed by atoms with Gasteiger partial charge in [0.25, 0.3) is 0 Å². The molecule has 1 aliphatic heterocycles. The fourth-order valence-corrected chi connectivity index (χ4v) is 5.39. The second-order valence-corrected chi connectivity index (χ2v) is 10.6. The van der Waals surface area contributed by atoms with Crippen LogP contribution in [0.1, 0.15) is 64.0 Å². The first-order valence-electron chi connectivity index (χ1n) is 12.4. The number of carboxylic acids is 1. The molecule has 2 aliphatic rings. The Hall–Kier alpha value is -3.55. The number of alkyl carbamates (subject to hydrolysis) is 1. The van der Waals surface area contributed by atoms with Crippen molar-refractivity contribution in [1.82, 2.24) is 10.2 Å². The molecule has 1 fully saturated rings. The summed E-state index contributed by atoms with van der Waals surface area (Å²) in [6, 6.07) is 15.5. The van der Waals surface area contributed by atoms with Crippen LogP contribution in [0, 0.1) is 0 Å². The number of fused-ring (bicyclic) bond motifs is 3. The molecule has 1 heterocycles. The highest BCUT2D eigenvalue weighted by molar-refractivity contribution is 5.79. The van der Waals surface area contributed by atoms with Crippen LogP contribution in [0.15, 0.2) is 48.5 Å². The van der Waals surface area contributed by atoms with Gasteiger partial charge in [-0.1, -0.05) is 48.5 Å². The van der Waals surface area contributed by atoms with Gasteiger partial charge in [-0.05, 0) is 62.8 Å². The molecule has 1 saturated heterocycles. The molecule has 36 heavy (non-hydrogen) atoms. The summed E-state index contributed by atoms with van der Waals surface area (Å²) in [7, 11) is 0. The van der Waals surface area contributed by atoms with Gasteiger partial charge in [0.1, 0.15) is 12.2 Å². The molecule has 8 nitrogen and oxygen atoms in total. The molecule has 2 atom stereocenters. The number of carbonyl (C=O) groups excluding carboxylic acids is 2. The van der Waals surface area contributed by atoms with Crippen LogP contribution in [-0.2, 0) is 14.3 Å². The smallest absolute Gasteiger partial charge is 0.410 e. The number of ether oxygens (including phenoxy) is 2. The van der Waals surface area contributed by atoms with Crippen molar-refractivity contribution in [3.8, 4) is 11.1 Å². The molecule has 0 spiro atoms. The third-order valence-electron chi connectivity index (χ3n) is 7.08. The van der Waals surface area contributed by atoms with Crippen molar-refractivity contribution >= 4 is 18.2 Å². The molecule has 4 rings (SSSR count). The molecular formula is C28H34N2O6. The van der Waals surface area contributed by atoms with Gasteiger partial charge in [0.15, 0.2) is 0 Å². The third-order valence-corrected chi connectivity index (χ3v) is 7.08. The maximum Gasteiger partial charge on any atom is 0.410 e. The lowest BCUT2D eigenvalue weighted by molar-refractivity contribution is -0.140. The summed E-state index contributed by atoms with van der Waals surface area (Å²) < 4.78 is 11.2. The summed E-state index contributed by atoms with van der Waals surface area (Å²) in [4.78, 5) is 39.2. The number of benzene rings is 2. The molecule has 2 N–H and O–H groups in total. The Morgan fingerprint density at radius 1 is 1.06 bits per heavy atom. The number of carboxylic acid groups (broad SMARTS) is 1. The molecule has 2 aromatic carbocycles. The summed E-state index contributed by atoms with van der Waals surface area (Å²) >= 11 is 0. The van der Waals surface area contributed by atoms with Crippen molar-refractivity contribution in [3.63, 3.8) is 0 Å². The predicted octanol–water partition coefficient (Wildman–Crippen LogP) is 5.16. The zero-order chi connectivity index (χ0) is 26.1. The molecule has 8 heteroatoms. The molecule has 0 saturated carbocycles. The number of nitrogens with one attached hydrogen (secondary N) is 1. The van der Waals surface area contributed by atoms with Gasteiger partial charge >= 0.3 is 18.2 Å². The fraction of sp³-hybridized carbons (Fsp3) is 0.464. The fourth-order valence-electron chi connectivity index (χ4n) is 5.39. The number of hydrogen-bond donors (Lipinski definition) is 2. The van der Waals surface area contributed by atoms with Crippen LogP contribution in [-0.4, -0.2) is 58.5 Å². The van der Waals surface area contributed by atoms with Gasteiger partial charge in [-0.15, -0.1) is 0 Å². The van der Waals surface area contributed by atoms with E-state index in [-0.39, 0.29) is 18.9 Å². The maximum absolute atomic E-state index is 13.1. The number of rotatable bonds is 5. The first-order valence-corrected chi connectivity index (χ1v) is 12.4. The molecule has 0 radical (unpaired) electrons. The van der Waals surface area contributed by atoms with Gasteiger partial charge in [0, 0.05) is 12.5 Å². The minimum Gasteiger partial charge on any atom is -0.481 e. The van der Waals surface area contributed by atoms with E-state index in [0.717, 1.165) is 22.3 Å². The van der Waals surface area contributed by atoms with Crippen LogP contribution >= 0.6 is 0 Å². The molecule has 0 aromatic heterocycles. The van der Waals surface area contributed by atoms with E-state index in [4.69, 9.17) is 9.47 Å². The molecule has 192 valence electrons. The second-order valence-electron chi connectivity index (χ2n) is 10.6. The first kappa shape index (κ1) is 25.5. The van der Waals surface area contributed by atoms with Crippen LogP contribution in [0.4, 0.5) is 9.59 Å². The minimum atomic E-state index is -1.18. The molecule has 2 aromatic rings. The first-order chi connectivity index (χ1) is 17.0. The Morgan fingerprint density at radius 3 is 2.19 bits per heavy atom. The normalized spacial score (nSPS) is 21.3. The van der Waals surface area contributed by atoms with Crippen molar-refractivity contribution in [1.29, 1.82) is 0 Å². The van der Waals surface area contributed by atoms with Crippen molar-refractivity contribution in [2.75, 3.05) is 13.2 Å². The van der Waals surface area contributed by atoms with Crippen molar-refractivity contribution in [2.24, 2.45) is 0 Å². The highest BCUT2D eigenvalue weighted by Gasteiger charge is 2.48. The van der Waals surface area contributed by atoms with Crippen molar-refractivity contribution in [2.45, 2.75) is 70.1 Å². The number of aliphatic carboxylic acids is 1. The summed E-state index contributed by atoms with van der Waals surface area (Å²) in [5.74, 6) is -1.17. The zero-order valence-corrected chi connectivity index (χ0v) is 21.2. The predicted molar refractivity (Wildman–Crippen MR) is 135 cm³/mol. The maximum atomic E-state index is 13.1. The summed E-state index contributed by atoms with van der Waals surface area (Å²) in [6.07, 6.45) is -0.628. The summed E-state index contributed by atoms with van der Waals surface area (Å²) in [5, 5.41) is 12.5. The average Bonchev–Trinajstić information content (AvgIpc) is 3.12. The van der Waals surface area contributed by atoms with E-state index in [9.17, 15) is 19.5 Å². The second kappa shape index (κ2) is 9.84. The van der Waals surface area contributed by atoms with Crippen LogP contribution in [0.3, 0.4) is 0 Å². The van der Waals surface area contributed by atoms with Crippen LogP contribution in [0.2, 0.25) is 0 Å². The molecule has 0 bridgehead atoms. The van der Waals surface area contributed by atoms with E-state index >= 15 is 0 Å². The van der Waals surface area contributed by atoms with E-state index in [1.54, 1.807) is 27.7 Å². The third kappa shape index (κ3) is 5.17. The lowest BCUT2D eigenvalue weighted by Crippen LogP contribution is -2.66. The topological polar surface area (TPSA) is 105 Å². The van der Waals surface area contributed by atoms with Gasteiger partial charge in [0.05, 0.1) is 18.0 Å². The van der Waals surface area contributed by atoms with E-state index in [2.05, 4.69) is 17.4 Å². The minimum absolute atomic E-state index is 0.111. The number of hydrogen-bond acceptors (Lipinski definition) is 5. The number of piperidine rings is 1. The molecule has 2 unspecified atom stereocenters.